The zero-order valence-electron chi connectivity index (χ0n) is 10.8. The number of H-pyrrole nitrogens is 1. The van der Waals surface area contributed by atoms with E-state index in [1.54, 1.807) is 42.7 Å². The number of pyridine rings is 1. The van der Waals surface area contributed by atoms with Crippen LogP contribution in [0.2, 0.25) is 0 Å². The van der Waals surface area contributed by atoms with E-state index in [9.17, 15) is 4.39 Å². The first-order chi connectivity index (χ1) is 10.3. The van der Waals surface area contributed by atoms with Gasteiger partial charge in [-0.3, -0.25) is 4.98 Å². The Bertz CT molecular complexity index is 838. The van der Waals surface area contributed by atoms with Crippen LogP contribution in [-0.2, 0) is 0 Å². The maximum atomic E-state index is 13.6. The molecular weight excluding hydrogens is 289 g/mol. The lowest BCUT2D eigenvalue weighted by molar-refractivity contribution is 0.625. The van der Waals surface area contributed by atoms with E-state index < -0.39 is 0 Å². The highest BCUT2D eigenvalue weighted by Gasteiger charge is 2.07. The van der Waals surface area contributed by atoms with Crippen molar-refractivity contribution in [2.75, 3.05) is 0 Å². The van der Waals surface area contributed by atoms with E-state index in [0.717, 1.165) is 5.56 Å². The lowest BCUT2D eigenvalue weighted by atomic mass is 10.2. The second kappa shape index (κ2) is 5.76. The zero-order valence-corrected chi connectivity index (χ0v) is 11.6. The summed E-state index contributed by atoms with van der Waals surface area (Å²) in [6.07, 6.45) is 4.71. The molecule has 2 aromatic heterocycles. The van der Waals surface area contributed by atoms with Gasteiger partial charge >= 0.3 is 0 Å². The fourth-order valence-electron chi connectivity index (χ4n) is 1.79. The highest BCUT2D eigenvalue weighted by Crippen LogP contribution is 2.15. The number of hydrogen-bond donors (Lipinski definition) is 1. The van der Waals surface area contributed by atoms with Crippen molar-refractivity contribution in [2.24, 2.45) is 5.10 Å². The molecular formula is C14H10FN5S. The monoisotopic (exact) mass is 299 g/mol. The number of hydrogen-bond acceptors (Lipinski definition) is 4. The topological polar surface area (TPSA) is 58.9 Å². The van der Waals surface area contributed by atoms with Crippen molar-refractivity contribution in [1.82, 2.24) is 19.9 Å². The minimum Gasteiger partial charge on any atom is -0.265 e. The summed E-state index contributed by atoms with van der Waals surface area (Å²) in [6.45, 7) is 0. The number of benzene rings is 1. The van der Waals surface area contributed by atoms with Gasteiger partial charge in [-0.2, -0.15) is 14.9 Å². The first kappa shape index (κ1) is 13.3. The van der Waals surface area contributed by atoms with Crippen LogP contribution in [0.15, 0.2) is 53.9 Å². The van der Waals surface area contributed by atoms with E-state index in [0.29, 0.717) is 16.2 Å². The molecule has 0 aliphatic heterocycles. The van der Waals surface area contributed by atoms with Gasteiger partial charge in [0, 0.05) is 23.5 Å². The van der Waals surface area contributed by atoms with Gasteiger partial charge in [0.15, 0.2) is 5.82 Å². The molecule has 3 aromatic rings. The normalized spacial score (nSPS) is 11.1. The third-order valence-electron chi connectivity index (χ3n) is 2.81. The van der Waals surface area contributed by atoms with Gasteiger partial charge in [0.05, 0.1) is 6.21 Å². The highest BCUT2D eigenvalue weighted by atomic mass is 32.1. The molecule has 5 nitrogen and oxygen atoms in total. The summed E-state index contributed by atoms with van der Waals surface area (Å²) in [5.41, 5.74) is 1.18. The lowest BCUT2D eigenvalue weighted by Crippen LogP contribution is -1.96. The van der Waals surface area contributed by atoms with Gasteiger partial charge in [0.25, 0.3) is 0 Å². The van der Waals surface area contributed by atoms with Crippen molar-refractivity contribution in [3.05, 3.63) is 64.9 Å². The number of rotatable bonds is 3. The lowest BCUT2D eigenvalue weighted by Gasteiger charge is -2.00. The molecule has 0 bridgehead atoms. The van der Waals surface area contributed by atoms with Gasteiger partial charge in [0.2, 0.25) is 4.77 Å². The van der Waals surface area contributed by atoms with E-state index in [2.05, 4.69) is 20.3 Å². The van der Waals surface area contributed by atoms with Crippen LogP contribution in [0, 0.1) is 10.6 Å². The fraction of sp³-hybridized carbons (Fsp3) is 0. The second-order valence-electron chi connectivity index (χ2n) is 4.17. The Kier molecular flexibility index (Phi) is 3.65. The number of halogens is 1. The van der Waals surface area contributed by atoms with Crippen LogP contribution in [0.5, 0.6) is 0 Å². The maximum absolute atomic E-state index is 13.6. The maximum Gasteiger partial charge on any atom is 0.216 e. The second-order valence-corrected chi connectivity index (χ2v) is 4.55. The van der Waals surface area contributed by atoms with E-state index in [-0.39, 0.29) is 5.82 Å². The Balaban J connectivity index is 2.02. The third-order valence-corrected chi connectivity index (χ3v) is 3.07. The van der Waals surface area contributed by atoms with Crippen molar-refractivity contribution in [3.8, 4) is 11.4 Å². The molecule has 0 radical (unpaired) electrons. The Morgan fingerprint density at radius 1 is 1.19 bits per heavy atom. The summed E-state index contributed by atoms with van der Waals surface area (Å²) >= 11 is 5.14. The largest absolute Gasteiger partial charge is 0.265 e. The first-order valence-corrected chi connectivity index (χ1v) is 6.53. The third kappa shape index (κ3) is 2.77. The molecule has 0 fully saturated rings. The van der Waals surface area contributed by atoms with Crippen LogP contribution in [0.3, 0.4) is 0 Å². The van der Waals surface area contributed by atoms with Crippen LogP contribution >= 0.6 is 12.2 Å². The zero-order chi connectivity index (χ0) is 14.7. The van der Waals surface area contributed by atoms with E-state index in [1.807, 2.05) is 0 Å². The summed E-state index contributed by atoms with van der Waals surface area (Å²) in [7, 11) is 0. The van der Waals surface area contributed by atoms with Crippen LogP contribution in [0.25, 0.3) is 11.4 Å². The average Bonchev–Trinajstić information content (AvgIpc) is 2.88. The minimum absolute atomic E-state index is 0.328. The number of aromatic nitrogens is 4. The van der Waals surface area contributed by atoms with Crippen molar-refractivity contribution < 1.29 is 4.39 Å². The molecule has 1 N–H and O–H groups in total. The van der Waals surface area contributed by atoms with Crippen LogP contribution in [0.1, 0.15) is 5.56 Å². The molecule has 1 aromatic carbocycles. The van der Waals surface area contributed by atoms with Gasteiger partial charge in [-0.15, -0.1) is 0 Å². The molecule has 0 saturated heterocycles. The summed E-state index contributed by atoms with van der Waals surface area (Å²) in [6, 6.07) is 9.95. The molecule has 104 valence electrons. The van der Waals surface area contributed by atoms with Crippen LogP contribution < -0.4 is 0 Å². The number of aromatic amines is 1. The molecule has 0 amide bonds. The van der Waals surface area contributed by atoms with Crippen molar-refractivity contribution in [2.45, 2.75) is 0 Å². The van der Waals surface area contributed by atoms with E-state index in [4.69, 9.17) is 12.2 Å². The summed E-state index contributed by atoms with van der Waals surface area (Å²) in [5, 5.41) is 11.0. The molecule has 0 aliphatic carbocycles. The Morgan fingerprint density at radius 3 is 2.71 bits per heavy atom. The summed E-state index contributed by atoms with van der Waals surface area (Å²) in [5.74, 6) is 0.191. The van der Waals surface area contributed by atoms with E-state index in [1.165, 1.54) is 17.0 Å². The quantitative estimate of drug-likeness (QED) is 0.597. The van der Waals surface area contributed by atoms with Crippen LogP contribution in [0.4, 0.5) is 4.39 Å². The van der Waals surface area contributed by atoms with Gasteiger partial charge in [-0.1, -0.05) is 18.2 Å². The van der Waals surface area contributed by atoms with Crippen molar-refractivity contribution in [3.63, 3.8) is 0 Å². The predicted molar refractivity (Wildman–Crippen MR) is 80.0 cm³/mol. The van der Waals surface area contributed by atoms with Crippen molar-refractivity contribution in [1.29, 1.82) is 0 Å². The molecule has 3 rings (SSSR count). The van der Waals surface area contributed by atoms with E-state index >= 15 is 0 Å². The number of nitrogens with one attached hydrogen (secondary N) is 1. The molecule has 2 heterocycles. The molecule has 7 heteroatoms. The van der Waals surface area contributed by atoms with Crippen LogP contribution in [-0.4, -0.2) is 26.1 Å². The fourth-order valence-corrected chi connectivity index (χ4v) is 1.97. The molecule has 0 unspecified atom stereocenters. The summed E-state index contributed by atoms with van der Waals surface area (Å²) < 4.78 is 15.4. The molecule has 21 heavy (non-hydrogen) atoms. The van der Waals surface area contributed by atoms with Gasteiger partial charge in [0.1, 0.15) is 5.82 Å². The number of nitrogens with zero attached hydrogens (tertiary/aromatic N) is 4. The molecule has 0 spiro atoms. The smallest absolute Gasteiger partial charge is 0.216 e. The minimum atomic E-state index is -0.346. The molecule has 0 aliphatic rings. The Hall–Kier alpha value is -2.67. The van der Waals surface area contributed by atoms with Crippen molar-refractivity contribution >= 4 is 18.4 Å². The Morgan fingerprint density at radius 2 is 1.95 bits per heavy atom. The van der Waals surface area contributed by atoms with Gasteiger partial charge in [-0.25, -0.2) is 9.49 Å². The standard InChI is InChI=1S/C14H10FN5S/c15-12-4-2-1-3-11(12)9-17-20-13(18-19-14(20)21)10-5-7-16-8-6-10/h1-9H,(H,19,21)/b17-9-. The van der Waals surface area contributed by atoms with Gasteiger partial charge in [-0.05, 0) is 30.4 Å². The summed E-state index contributed by atoms with van der Waals surface area (Å²) in [4.78, 5) is 3.95. The first-order valence-electron chi connectivity index (χ1n) is 6.12. The Labute approximate surface area is 124 Å². The molecule has 0 saturated carbocycles. The highest BCUT2D eigenvalue weighted by molar-refractivity contribution is 7.71. The van der Waals surface area contributed by atoms with Gasteiger partial charge < -0.3 is 0 Å². The SMILES string of the molecule is Fc1ccccc1/C=N\n1c(-c2ccncc2)n[nH]c1=S. The average molecular weight is 299 g/mol. The predicted octanol–water partition coefficient (Wildman–Crippen LogP) is 3.02. The molecule has 0 atom stereocenters.